The number of hydrogen-bond donors (Lipinski definition) is 4. The minimum atomic E-state index is 0.133. The van der Waals surface area contributed by atoms with Gasteiger partial charge in [0.15, 0.2) is 5.82 Å². The maximum Gasteiger partial charge on any atom is 0.153 e. The maximum atomic E-state index is 7.98. The number of pyridine rings is 1. The zero-order valence-electron chi connectivity index (χ0n) is 21.8. The zero-order chi connectivity index (χ0) is 26.8. The van der Waals surface area contributed by atoms with Crippen LogP contribution in [0.15, 0.2) is 60.9 Å². The van der Waals surface area contributed by atoms with E-state index in [0.717, 1.165) is 64.7 Å². The van der Waals surface area contributed by atoms with E-state index in [1.54, 1.807) is 12.3 Å². The summed E-state index contributed by atoms with van der Waals surface area (Å²) in [7, 11) is 0. The summed E-state index contributed by atoms with van der Waals surface area (Å²) in [4.78, 5) is 8.24. The second-order valence-electron chi connectivity index (χ2n) is 9.69. The van der Waals surface area contributed by atoms with Crippen molar-refractivity contribution in [3.8, 4) is 5.82 Å². The number of rotatable bonds is 15. The van der Waals surface area contributed by atoms with Crippen LogP contribution in [-0.4, -0.2) is 48.4 Å². The van der Waals surface area contributed by atoms with Crippen molar-refractivity contribution >= 4 is 45.9 Å². The fraction of sp³-hybridized carbons (Fsp3) is 0.444. The summed E-state index contributed by atoms with van der Waals surface area (Å²) in [5.74, 6) is 1.46. The van der Waals surface area contributed by atoms with Crippen LogP contribution in [0.5, 0.6) is 0 Å². The van der Waals surface area contributed by atoms with Crippen LogP contribution in [0.3, 0.4) is 0 Å². The monoisotopic (exact) mass is 634 g/mol. The third-order valence-electron chi connectivity index (χ3n) is 6.69. The highest BCUT2D eigenvalue weighted by Gasteiger charge is 2.41. The Morgan fingerprint density at radius 2 is 2.16 bits per heavy atom. The van der Waals surface area contributed by atoms with Gasteiger partial charge in [0, 0.05) is 48.2 Å². The third kappa shape index (κ3) is 8.08. The van der Waals surface area contributed by atoms with Crippen molar-refractivity contribution in [2.24, 2.45) is 5.92 Å². The minimum absolute atomic E-state index is 0.133. The standard InChI is InChI=1S/C27H39IN8S/c1-5-22(29)25(37-32-6-2)16-31-13-8-7-9-21-15-27(4,19-28)35(17-21)18-24-23(30)10-11-26(33-24)36-14-12-20(3)34-36/h5-6,10-12,14,16,21,29,31-32H,1-2,7-9,13,15,17-19,30H2,3-4H3/b25-16+,29-22?. The number of likely N-dealkylation sites (tertiary alicyclic amines) is 1. The van der Waals surface area contributed by atoms with Crippen LogP contribution in [-0.2, 0) is 6.54 Å². The molecular weight excluding hydrogens is 595 g/mol. The van der Waals surface area contributed by atoms with Crippen molar-refractivity contribution < 1.29 is 0 Å². The molecule has 0 radical (unpaired) electrons. The highest BCUT2D eigenvalue weighted by atomic mass is 127. The highest BCUT2D eigenvalue weighted by Crippen LogP contribution is 2.38. The molecule has 3 heterocycles. The molecule has 2 aromatic heterocycles. The molecule has 200 valence electrons. The number of halogens is 1. The predicted molar refractivity (Wildman–Crippen MR) is 165 cm³/mol. The molecule has 2 unspecified atom stereocenters. The summed E-state index contributed by atoms with van der Waals surface area (Å²) in [5, 5.41) is 15.8. The maximum absolute atomic E-state index is 7.98. The molecule has 1 aliphatic heterocycles. The lowest BCUT2D eigenvalue weighted by atomic mass is 9.93. The molecule has 0 aliphatic carbocycles. The van der Waals surface area contributed by atoms with Crippen molar-refractivity contribution in [1.29, 1.82) is 5.41 Å². The number of aromatic nitrogens is 3. The molecule has 5 N–H and O–H groups in total. The number of aryl methyl sites for hydroxylation is 1. The van der Waals surface area contributed by atoms with Gasteiger partial charge >= 0.3 is 0 Å². The van der Waals surface area contributed by atoms with Crippen LogP contribution in [0.1, 0.15) is 44.0 Å². The second-order valence-corrected chi connectivity index (χ2v) is 11.3. The molecule has 2 aromatic rings. The van der Waals surface area contributed by atoms with Gasteiger partial charge in [0.2, 0.25) is 0 Å². The molecule has 37 heavy (non-hydrogen) atoms. The summed E-state index contributed by atoms with van der Waals surface area (Å²) in [6.07, 6.45) is 11.6. The van der Waals surface area contributed by atoms with Crippen molar-refractivity contribution in [3.63, 3.8) is 0 Å². The van der Waals surface area contributed by atoms with Crippen LogP contribution in [0.4, 0.5) is 5.69 Å². The average molecular weight is 635 g/mol. The lowest BCUT2D eigenvalue weighted by Crippen LogP contribution is -2.42. The first-order valence-electron chi connectivity index (χ1n) is 12.6. The van der Waals surface area contributed by atoms with Gasteiger partial charge in [-0.25, -0.2) is 9.67 Å². The van der Waals surface area contributed by atoms with E-state index in [1.807, 2.05) is 42.2 Å². The van der Waals surface area contributed by atoms with E-state index in [1.165, 1.54) is 24.8 Å². The predicted octanol–water partition coefficient (Wildman–Crippen LogP) is 5.36. The van der Waals surface area contributed by atoms with Crippen molar-refractivity contribution in [1.82, 2.24) is 29.7 Å². The zero-order valence-corrected chi connectivity index (χ0v) is 24.8. The van der Waals surface area contributed by atoms with Gasteiger partial charge in [-0.3, -0.25) is 10.3 Å². The summed E-state index contributed by atoms with van der Waals surface area (Å²) in [6, 6.07) is 5.85. The van der Waals surface area contributed by atoms with Crippen LogP contribution in [0, 0.1) is 18.3 Å². The summed E-state index contributed by atoms with van der Waals surface area (Å²) in [5.41, 5.74) is 9.49. The third-order valence-corrected chi connectivity index (χ3v) is 9.17. The molecule has 0 aromatic carbocycles. The quantitative estimate of drug-likeness (QED) is 0.0687. The van der Waals surface area contributed by atoms with E-state index in [2.05, 4.69) is 62.7 Å². The molecule has 2 atom stereocenters. The molecule has 1 fully saturated rings. The number of hydrogen-bond acceptors (Lipinski definition) is 8. The fourth-order valence-electron chi connectivity index (χ4n) is 4.61. The van der Waals surface area contributed by atoms with Gasteiger partial charge in [0.25, 0.3) is 0 Å². The Balaban J connectivity index is 1.53. The van der Waals surface area contributed by atoms with E-state index in [4.69, 9.17) is 16.1 Å². The molecule has 1 aliphatic rings. The van der Waals surface area contributed by atoms with Gasteiger partial charge in [0.1, 0.15) is 0 Å². The van der Waals surface area contributed by atoms with Gasteiger partial charge in [-0.1, -0.05) is 42.2 Å². The number of allylic oxidation sites excluding steroid dienone is 2. The van der Waals surface area contributed by atoms with Crippen LogP contribution in [0.25, 0.3) is 5.82 Å². The second kappa shape index (κ2) is 14.0. The Labute approximate surface area is 239 Å². The van der Waals surface area contributed by atoms with E-state index in [0.29, 0.717) is 11.6 Å². The number of unbranched alkanes of at least 4 members (excludes halogenated alkanes) is 1. The molecule has 1 saturated heterocycles. The Morgan fingerprint density at radius 3 is 2.84 bits per heavy atom. The molecule has 8 nitrogen and oxygen atoms in total. The molecular formula is C27H39IN8S. The Kier molecular flexibility index (Phi) is 11.1. The summed E-state index contributed by atoms with van der Waals surface area (Å²) < 4.78 is 5.84. The first kappa shape index (κ1) is 29.2. The Hall–Kier alpha value is -2.31. The van der Waals surface area contributed by atoms with Crippen molar-refractivity contribution in [2.45, 2.75) is 51.6 Å². The lowest BCUT2D eigenvalue weighted by Gasteiger charge is -2.33. The van der Waals surface area contributed by atoms with Gasteiger partial charge in [-0.05, 0) is 75.3 Å². The first-order valence-corrected chi connectivity index (χ1v) is 14.9. The van der Waals surface area contributed by atoms with E-state index in [9.17, 15) is 0 Å². The SMILES string of the molecule is C=CNS/C(=C/NCCCCC1CN(Cc2nc(-n3ccc(C)n3)ccc2N)C(C)(CI)C1)C(=N)C=C. The minimum Gasteiger partial charge on any atom is -0.397 e. The van der Waals surface area contributed by atoms with Gasteiger partial charge in [0.05, 0.1) is 27.7 Å². The fourth-order valence-corrected chi connectivity index (χ4v) is 5.95. The Bertz CT molecular complexity index is 1110. The van der Waals surface area contributed by atoms with Crippen molar-refractivity contribution in [2.75, 3.05) is 23.3 Å². The van der Waals surface area contributed by atoms with E-state index < -0.39 is 0 Å². The average Bonchev–Trinajstić information content (AvgIpc) is 3.47. The number of nitrogens with two attached hydrogens (primary N) is 1. The summed E-state index contributed by atoms with van der Waals surface area (Å²) >= 11 is 3.87. The number of anilines is 1. The van der Waals surface area contributed by atoms with Crippen LogP contribution in [0.2, 0.25) is 0 Å². The number of alkyl halides is 1. The van der Waals surface area contributed by atoms with Crippen molar-refractivity contribution in [3.05, 3.63) is 72.3 Å². The lowest BCUT2D eigenvalue weighted by molar-refractivity contribution is 0.171. The molecule has 0 amide bonds. The smallest absolute Gasteiger partial charge is 0.153 e. The number of nitrogen functional groups attached to an aromatic ring is 1. The van der Waals surface area contributed by atoms with Crippen LogP contribution >= 0.6 is 34.5 Å². The van der Waals surface area contributed by atoms with E-state index in [-0.39, 0.29) is 5.54 Å². The first-order chi connectivity index (χ1) is 17.8. The molecule has 0 spiro atoms. The molecule has 10 heteroatoms. The normalized spacial score (nSPS) is 20.1. The molecule has 0 saturated carbocycles. The largest absolute Gasteiger partial charge is 0.397 e. The van der Waals surface area contributed by atoms with Gasteiger partial charge in [-0.2, -0.15) is 5.10 Å². The number of nitrogens with one attached hydrogen (secondary N) is 3. The Morgan fingerprint density at radius 1 is 1.35 bits per heavy atom. The number of nitrogens with zero attached hydrogens (tertiary/aromatic N) is 4. The van der Waals surface area contributed by atoms with E-state index >= 15 is 0 Å². The molecule has 3 rings (SSSR count). The van der Waals surface area contributed by atoms with Gasteiger partial charge < -0.3 is 15.8 Å². The summed E-state index contributed by atoms with van der Waals surface area (Å²) in [6.45, 7) is 14.4. The molecule has 0 bridgehead atoms. The topological polar surface area (TPSA) is 108 Å². The van der Waals surface area contributed by atoms with Crippen LogP contribution < -0.4 is 15.8 Å². The van der Waals surface area contributed by atoms with Gasteiger partial charge in [-0.15, -0.1) is 0 Å². The highest BCUT2D eigenvalue weighted by molar-refractivity contribution is 14.1.